The number of ether oxygens (including phenoxy) is 4. The van der Waals surface area contributed by atoms with Crippen LogP contribution in [0.1, 0.15) is 22.8 Å². The molecular weight excluding hydrogens is 606 g/mol. The van der Waals surface area contributed by atoms with Crippen LogP contribution in [-0.2, 0) is 9.59 Å². The molecule has 238 valence electrons. The molecule has 3 N–H and O–H groups in total. The fraction of sp³-hybridized carbons (Fsp3) is 0.171. The summed E-state index contributed by atoms with van der Waals surface area (Å²) in [7, 11) is 6.13. The highest BCUT2D eigenvalue weighted by atomic mass is 32.2. The Morgan fingerprint density at radius 2 is 1.35 bits per heavy atom. The summed E-state index contributed by atoms with van der Waals surface area (Å²) in [5.74, 6) is 0.963. The lowest BCUT2D eigenvalue weighted by Gasteiger charge is -2.15. The van der Waals surface area contributed by atoms with Crippen LogP contribution < -0.4 is 34.9 Å². The van der Waals surface area contributed by atoms with Crippen molar-refractivity contribution in [3.63, 3.8) is 0 Å². The average molecular weight is 642 g/mol. The number of amides is 3. The van der Waals surface area contributed by atoms with Gasteiger partial charge in [0.05, 0.1) is 39.4 Å². The Hall–Kier alpha value is -5.42. The third kappa shape index (κ3) is 8.82. The van der Waals surface area contributed by atoms with Gasteiger partial charge in [-0.3, -0.25) is 14.4 Å². The van der Waals surface area contributed by atoms with Crippen molar-refractivity contribution >= 4 is 46.9 Å². The molecule has 0 aromatic heterocycles. The molecule has 3 amide bonds. The number of benzene rings is 4. The summed E-state index contributed by atoms with van der Waals surface area (Å²) in [6.07, 6.45) is 1.54. The van der Waals surface area contributed by atoms with Gasteiger partial charge in [0.25, 0.3) is 11.8 Å². The molecule has 0 saturated carbocycles. The number of rotatable bonds is 13. The molecule has 0 bridgehead atoms. The van der Waals surface area contributed by atoms with Gasteiger partial charge < -0.3 is 34.9 Å². The van der Waals surface area contributed by atoms with E-state index in [-0.39, 0.29) is 11.6 Å². The Labute approximate surface area is 272 Å². The van der Waals surface area contributed by atoms with Crippen LogP contribution >= 0.6 is 11.8 Å². The third-order valence-corrected chi connectivity index (χ3v) is 7.84. The maximum absolute atomic E-state index is 13.5. The Morgan fingerprint density at radius 3 is 1.98 bits per heavy atom. The van der Waals surface area contributed by atoms with Gasteiger partial charge in [-0.15, -0.1) is 11.8 Å². The number of methoxy groups -OCH3 is 4. The highest BCUT2D eigenvalue weighted by molar-refractivity contribution is 8.00. The molecule has 0 radical (unpaired) electrons. The van der Waals surface area contributed by atoms with E-state index in [0.29, 0.717) is 45.5 Å². The molecule has 0 aliphatic rings. The zero-order valence-corrected chi connectivity index (χ0v) is 26.9. The molecule has 46 heavy (non-hydrogen) atoms. The molecule has 0 heterocycles. The van der Waals surface area contributed by atoms with Gasteiger partial charge in [-0.25, -0.2) is 0 Å². The highest BCUT2D eigenvalue weighted by Crippen LogP contribution is 2.31. The lowest BCUT2D eigenvalue weighted by molar-refractivity contribution is -0.115. The maximum atomic E-state index is 13.5. The summed E-state index contributed by atoms with van der Waals surface area (Å²) in [5.41, 5.74) is 2.00. The van der Waals surface area contributed by atoms with Gasteiger partial charge in [-0.2, -0.15) is 0 Å². The predicted octanol–water partition coefficient (Wildman–Crippen LogP) is 6.25. The summed E-state index contributed by atoms with van der Waals surface area (Å²) in [5, 5.41) is 8.02. The van der Waals surface area contributed by atoms with Crippen LogP contribution in [-0.4, -0.2) is 51.4 Å². The Morgan fingerprint density at radius 1 is 0.717 bits per heavy atom. The first kappa shape index (κ1) is 33.5. The molecule has 4 aromatic rings. The van der Waals surface area contributed by atoms with Crippen molar-refractivity contribution in [2.75, 3.05) is 39.1 Å². The Kier molecular flexibility index (Phi) is 11.7. The first-order chi connectivity index (χ1) is 22.2. The normalized spacial score (nSPS) is 11.5. The van der Waals surface area contributed by atoms with E-state index in [2.05, 4.69) is 16.0 Å². The smallest absolute Gasteiger partial charge is 0.272 e. The number of hydrogen-bond acceptors (Lipinski definition) is 8. The van der Waals surface area contributed by atoms with E-state index in [1.54, 1.807) is 112 Å². The van der Waals surface area contributed by atoms with Crippen LogP contribution in [0.2, 0.25) is 0 Å². The van der Waals surface area contributed by atoms with Crippen LogP contribution in [0.3, 0.4) is 0 Å². The molecule has 0 aliphatic heterocycles. The molecule has 10 nitrogen and oxygen atoms in total. The van der Waals surface area contributed by atoms with Crippen LogP contribution in [0.5, 0.6) is 23.0 Å². The van der Waals surface area contributed by atoms with E-state index in [4.69, 9.17) is 18.9 Å². The zero-order chi connectivity index (χ0) is 33.1. The van der Waals surface area contributed by atoms with Crippen molar-refractivity contribution in [3.8, 4) is 23.0 Å². The summed E-state index contributed by atoms with van der Waals surface area (Å²) in [6, 6.07) is 26.0. The molecular formula is C35H35N3O7S. The van der Waals surface area contributed by atoms with E-state index in [1.165, 1.54) is 32.1 Å². The summed E-state index contributed by atoms with van der Waals surface area (Å²) >= 11 is 1.36. The zero-order valence-electron chi connectivity index (χ0n) is 26.1. The molecule has 4 aromatic carbocycles. The van der Waals surface area contributed by atoms with Gasteiger partial charge in [0.15, 0.2) is 0 Å². The molecule has 1 atom stereocenters. The topological polar surface area (TPSA) is 124 Å². The van der Waals surface area contributed by atoms with Crippen LogP contribution in [0.4, 0.5) is 11.4 Å². The third-order valence-electron chi connectivity index (χ3n) is 6.73. The second-order valence-electron chi connectivity index (χ2n) is 9.78. The Balaban J connectivity index is 1.47. The molecule has 11 heteroatoms. The van der Waals surface area contributed by atoms with Crippen LogP contribution in [0.15, 0.2) is 102 Å². The standard InChI is InChI=1S/C35H35N3O7S/c1-22(33(39)37-29-18-15-27(43-3)21-32(29)45-5)46-28-16-12-25(13-17-28)36-35(41)30(38-34(40)23-9-7-6-8-10-23)19-24-11-14-26(42-2)20-31(24)44-4/h6-22H,1-5H3,(H,36,41)(H,37,39)(H,38,40)/b30-19-. The van der Waals surface area contributed by atoms with Gasteiger partial charge in [0, 0.05) is 33.8 Å². The van der Waals surface area contributed by atoms with Crippen molar-refractivity contribution < 1.29 is 33.3 Å². The summed E-state index contributed by atoms with van der Waals surface area (Å²) < 4.78 is 21.3. The SMILES string of the molecule is COc1ccc(/C=C(\NC(=O)c2ccccc2)C(=O)Nc2ccc(SC(C)C(=O)Nc3ccc(OC)cc3OC)cc2)c(OC)c1. The Bertz CT molecular complexity index is 1710. The van der Waals surface area contributed by atoms with E-state index >= 15 is 0 Å². The number of nitrogens with one attached hydrogen (secondary N) is 3. The van der Waals surface area contributed by atoms with E-state index < -0.39 is 17.1 Å². The second kappa shape index (κ2) is 16.1. The quantitative estimate of drug-likeness (QED) is 0.116. The molecule has 1 unspecified atom stereocenters. The van der Waals surface area contributed by atoms with Crippen molar-refractivity contribution in [2.24, 2.45) is 0 Å². The number of carbonyl (C=O) groups is 3. The molecule has 0 saturated heterocycles. The van der Waals surface area contributed by atoms with E-state index in [1.807, 2.05) is 0 Å². The summed E-state index contributed by atoms with van der Waals surface area (Å²) in [6.45, 7) is 1.80. The number of anilines is 2. The molecule has 0 aliphatic carbocycles. The number of carbonyl (C=O) groups excluding carboxylic acids is 3. The van der Waals surface area contributed by atoms with Crippen LogP contribution in [0.25, 0.3) is 6.08 Å². The van der Waals surface area contributed by atoms with E-state index in [0.717, 1.165) is 4.90 Å². The first-order valence-corrected chi connectivity index (χ1v) is 15.0. The van der Waals surface area contributed by atoms with E-state index in [9.17, 15) is 14.4 Å². The largest absolute Gasteiger partial charge is 0.497 e. The van der Waals surface area contributed by atoms with Gasteiger partial charge in [-0.05, 0) is 73.7 Å². The minimum absolute atomic E-state index is 0.00928. The first-order valence-electron chi connectivity index (χ1n) is 14.2. The van der Waals surface area contributed by atoms with Crippen molar-refractivity contribution in [1.29, 1.82) is 0 Å². The molecule has 0 fully saturated rings. The van der Waals surface area contributed by atoms with Crippen molar-refractivity contribution in [2.45, 2.75) is 17.1 Å². The number of hydrogen-bond donors (Lipinski definition) is 3. The van der Waals surface area contributed by atoms with Crippen LogP contribution in [0, 0.1) is 0 Å². The summed E-state index contributed by atoms with van der Waals surface area (Å²) in [4.78, 5) is 40.2. The average Bonchev–Trinajstić information content (AvgIpc) is 3.09. The minimum atomic E-state index is -0.538. The van der Waals surface area contributed by atoms with Crippen molar-refractivity contribution in [3.05, 3.63) is 108 Å². The minimum Gasteiger partial charge on any atom is -0.497 e. The fourth-order valence-electron chi connectivity index (χ4n) is 4.24. The van der Waals surface area contributed by atoms with Crippen molar-refractivity contribution in [1.82, 2.24) is 5.32 Å². The van der Waals surface area contributed by atoms with Gasteiger partial charge in [0.1, 0.15) is 28.7 Å². The fourth-order valence-corrected chi connectivity index (χ4v) is 5.11. The molecule has 4 rings (SSSR count). The highest BCUT2D eigenvalue weighted by Gasteiger charge is 2.19. The maximum Gasteiger partial charge on any atom is 0.272 e. The predicted molar refractivity (Wildman–Crippen MR) is 180 cm³/mol. The van der Waals surface area contributed by atoms with Gasteiger partial charge in [-0.1, -0.05) is 18.2 Å². The lowest BCUT2D eigenvalue weighted by Crippen LogP contribution is -2.30. The van der Waals surface area contributed by atoms with Gasteiger partial charge >= 0.3 is 0 Å². The number of thioether (sulfide) groups is 1. The molecule has 0 spiro atoms. The second-order valence-corrected chi connectivity index (χ2v) is 11.2. The van der Waals surface area contributed by atoms with Gasteiger partial charge in [0.2, 0.25) is 5.91 Å². The monoisotopic (exact) mass is 641 g/mol. The lowest BCUT2D eigenvalue weighted by atomic mass is 10.1.